The van der Waals surface area contributed by atoms with Crippen molar-refractivity contribution in [2.75, 3.05) is 54.7 Å². The Labute approximate surface area is 254 Å². The average molecular weight is 588 g/mol. The fourth-order valence-electron chi connectivity index (χ4n) is 5.33. The van der Waals surface area contributed by atoms with Gasteiger partial charge in [0.15, 0.2) is 11.5 Å². The molecule has 0 N–H and O–H groups in total. The molecule has 43 heavy (non-hydrogen) atoms. The number of fused-ring (bicyclic) bond motifs is 3. The molecule has 0 radical (unpaired) electrons. The molecule has 3 aromatic rings. The number of methoxy groups -OCH3 is 3. The first-order chi connectivity index (χ1) is 21.0. The zero-order valence-corrected chi connectivity index (χ0v) is 25.5. The molecule has 1 aliphatic rings. The number of unbranched alkanes of at least 4 members (excludes halogenated alkanes) is 2. The molecule has 0 aliphatic heterocycles. The minimum absolute atomic E-state index is 0.182. The normalized spacial score (nSPS) is 12.2. The highest BCUT2D eigenvalue weighted by Gasteiger charge is 2.34. The summed E-state index contributed by atoms with van der Waals surface area (Å²) < 4.78 is 27.1. The highest BCUT2D eigenvalue weighted by Crippen LogP contribution is 2.45. The van der Waals surface area contributed by atoms with Gasteiger partial charge in [0.1, 0.15) is 5.92 Å². The highest BCUT2D eigenvalue weighted by molar-refractivity contribution is 5.93. The minimum atomic E-state index is -0.402. The van der Waals surface area contributed by atoms with Crippen LogP contribution in [0.1, 0.15) is 48.3 Å². The molecule has 0 heterocycles. The SMILES string of the molecule is COc1cc(/C=C/C(=O)OCCCCN(C)CCCCOC(=O)C2c3ccccc3-c3ccccc32)cc(OC)c1OC. The fourth-order valence-corrected chi connectivity index (χ4v) is 5.33. The van der Waals surface area contributed by atoms with Crippen LogP contribution < -0.4 is 14.2 Å². The first-order valence-corrected chi connectivity index (χ1v) is 14.6. The lowest BCUT2D eigenvalue weighted by molar-refractivity contribution is -0.144. The third kappa shape index (κ3) is 8.17. The second kappa shape index (κ2) is 15.8. The zero-order valence-electron chi connectivity index (χ0n) is 25.5. The van der Waals surface area contributed by atoms with Crippen LogP contribution in [0.4, 0.5) is 0 Å². The van der Waals surface area contributed by atoms with Crippen LogP contribution in [0.3, 0.4) is 0 Å². The summed E-state index contributed by atoms with van der Waals surface area (Å²) >= 11 is 0. The number of hydrogen-bond donors (Lipinski definition) is 0. The molecule has 0 aromatic heterocycles. The maximum absolute atomic E-state index is 13.0. The third-order valence-electron chi connectivity index (χ3n) is 7.53. The van der Waals surface area contributed by atoms with E-state index in [9.17, 15) is 9.59 Å². The number of carbonyl (C=O) groups excluding carboxylic acids is 2. The van der Waals surface area contributed by atoms with Gasteiger partial charge in [-0.05, 0) is 91.8 Å². The second-order valence-corrected chi connectivity index (χ2v) is 10.5. The van der Waals surface area contributed by atoms with Gasteiger partial charge >= 0.3 is 11.9 Å². The van der Waals surface area contributed by atoms with Crippen LogP contribution in [-0.2, 0) is 19.1 Å². The van der Waals surface area contributed by atoms with Crippen molar-refractivity contribution in [1.29, 1.82) is 0 Å². The first-order valence-electron chi connectivity index (χ1n) is 14.6. The summed E-state index contributed by atoms with van der Waals surface area (Å²) in [6.07, 6.45) is 6.48. The fraction of sp³-hybridized carbons (Fsp3) is 0.371. The van der Waals surface area contributed by atoms with Gasteiger partial charge in [0.2, 0.25) is 5.75 Å². The van der Waals surface area contributed by atoms with Crippen molar-refractivity contribution in [1.82, 2.24) is 4.90 Å². The van der Waals surface area contributed by atoms with E-state index in [2.05, 4.69) is 24.1 Å². The highest BCUT2D eigenvalue weighted by atomic mass is 16.5. The van der Waals surface area contributed by atoms with E-state index < -0.39 is 5.97 Å². The van der Waals surface area contributed by atoms with E-state index in [1.165, 1.54) is 6.08 Å². The minimum Gasteiger partial charge on any atom is -0.493 e. The molecule has 1 aliphatic carbocycles. The van der Waals surface area contributed by atoms with Gasteiger partial charge in [-0.15, -0.1) is 0 Å². The quantitative estimate of drug-likeness (QED) is 0.113. The zero-order chi connectivity index (χ0) is 30.6. The summed E-state index contributed by atoms with van der Waals surface area (Å²) in [7, 11) is 6.71. The molecule has 0 bridgehead atoms. The third-order valence-corrected chi connectivity index (χ3v) is 7.53. The molecule has 228 valence electrons. The van der Waals surface area contributed by atoms with Gasteiger partial charge in [-0.1, -0.05) is 48.5 Å². The van der Waals surface area contributed by atoms with E-state index in [0.717, 1.165) is 66.6 Å². The number of nitrogens with zero attached hydrogens (tertiary/aromatic N) is 1. The molecule has 0 fully saturated rings. The van der Waals surface area contributed by atoms with E-state index in [-0.39, 0.29) is 11.9 Å². The van der Waals surface area contributed by atoms with Crippen LogP contribution in [-0.4, -0.2) is 71.5 Å². The monoisotopic (exact) mass is 587 g/mol. The largest absolute Gasteiger partial charge is 0.493 e. The van der Waals surface area contributed by atoms with Crippen molar-refractivity contribution < 1.29 is 33.3 Å². The number of benzene rings is 3. The van der Waals surface area contributed by atoms with Gasteiger partial charge in [-0.25, -0.2) is 4.79 Å². The molecular formula is C35H41NO7. The van der Waals surface area contributed by atoms with Crippen LogP contribution in [0.15, 0.2) is 66.7 Å². The van der Waals surface area contributed by atoms with E-state index in [0.29, 0.717) is 30.5 Å². The maximum Gasteiger partial charge on any atom is 0.330 e. The Hall–Kier alpha value is -4.30. The average Bonchev–Trinajstić information content (AvgIpc) is 3.37. The van der Waals surface area contributed by atoms with Crippen molar-refractivity contribution in [2.24, 2.45) is 0 Å². The van der Waals surface area contributed by atoms with Crippen LogP contribution >= 0.6 is 0 Å². The summed E-state index contributed by atoms with van der Waals surface area (Å²) in [5, 5.41) is 0. The number of carbonyl (C=O) groups is 2. The summed E-state index contributed by atoms with van der Waals surface area (Å²) in [5.74, 6) is 0.590. The van der Waals surface area contributed by atoms with Gasteiger partial charge in [-0.2, -0.15) is 0 Å². The Morgan fingerprint density at radius 1 is 0.744 bits per heavy atom. The van der Waals surface area contributed by atoms with E-state index in [4.69, 9.17) is 23.7 Å². The lowest BCUT2D eigenvalue weighted by atomic mass is 9.97. The van der Waals surface area contributed by atoms with Gasteiger partial charge in [-0.3, -0.25) is 4.79 Å². The Kier molecular flexibility index (Phi) is 11.6. The smallest absolute Gasteiger partial charge is 0.330 e. The molecule has 0 spiro atoms. The molecule has 4 rings (SSSR count). The second-order valence-electron chi connectivity index (χ2n) is 10.5. The first kappa shape index (κ1) is 31.6. The van der Waals surface area contributed by atoms with Crippen molar-refractivity contribution in [3.05, 3.63) is 83.4 Å². The van der Waals surface area contributed by atoms with Crippen LogP contribution in [0.25, 0.3) is 17.2 Å². The van der Waals surface area contributed by atoms with Crippen LogP contribution in [0.5, 0.6) is 17.2 Å². The lowest BCUT2D eigenvalue weighted by Crippen LogP contribution is -2.22. The Bertz CT molecular complexity index is 1350. The van der Waals surface area contributed by atoms with Gasteiger partial charge in [0, 0.05) is 6.08 Å². The van der Waals surface area contributed by atoms with Crippen molar-refractivity contribution in [2.45, 2.75) is 31.6 Å². The van der Waals surface area contributed by atoms with Crippen LogP contribution in [0.2, 0.25) is 0 Å². The van der Waals surface area contributed by atoms with E-state index in [1.54, 1.807) is 39.5 Å². The molecule has 0 atom stereocenters. The van der Waals surface area contributed by atoms with Crippen molar-refractivity contribution in [3.8, 4) is 28.4 Å². The molecule has 3 aromatic carbocycles. The van der Waals surface area contributed by atoms with Gasteiger partial charge < -0.3 is 28.6 Å². The Morgan fingerprint density at radius 2 is 1.28 bits per heavy atom. The summed E-state index contributed by atoms with van der Waals surface area (Å²) in [6.45, 7) is 2.57. The van der Waals surface area contributed by atoms with Crippen molar-refractivity contribution >= 4 is 18.0 Å². The van der Waals surface area contributed by atoms with Gasteiger partial charge in [0.05, 0.1) is 34.5 Å². The number of hydrogen-bond acceptors (Lipinski definition) is 8. The van der Waals surface area contributed by atoms with Gasteiger partial charge in [0.25, 0.3) is 0 Å². The summed E-state index contributed by atoms with van der Waals surface area (Å²) in [6, 6.07) is 19.7. The van der Waals surface area contributed by atoms with Crippen LogP contribution in [0, 0.1) is 0 Å². The maximum atomic E-state index is 13.0. The molecule has 0 unspecified atom stereocenters. The molecule has 8 nitrogen and oxygen atoms in total. The Balaban J connectivity index is 1.09. The molecule has 0 amide bonds. The van der Waals surface area contributed by atoms with E-state index in [1.807, 2.05) is 36.4 Å². The predicted octanol–water partition coefficient (Wildman–Crippen LogP) is 6.12. The standard InChI is InChI=1S/C35H41NO7/c1-36(19-9-11-21-42-32(37)18-17-25-23-30(39-2)34(41-4)31(24-25)40-3)20-10-12-22-43-35(38)33-28-15-7-5-13-26(28)27-14-6-8-16-29(27)33/h5-8,13-18,23-24,33H,9-12,19-22H2,1-4H3/b18-17+. The molecular weight excluding hydrogens is 546 g/mol. The molecule has 8 heteroatoms. The van der Waals surface area contributed by atoms with E-state index >= 15 is 0 Å². The molecule has 0 saturated heterocycles. The summed E-state index contributed by atoms with van der Waals surface area (Å²) in [5.41, 5.74) is 5.01. The Morgan fingerprint density at radius 3 is 1.81 bits per heavy atom. The molecule has 0 saturated carbocycles. The number of rotatable bonds is 16. The predicted molar refractivity (Wildman–Crippen MR) is 167 cm³/mol. The topological polar surface area (TPSA) is 83.5 Å². The summed E-state index contributed by atoms with van der Waals surface area (Å²) in [4.78, 5) is 27.4. The van der Waals surface area contributed by atoms with Crippen molar-refractivity contribution in [3.63, 3.8) is 0 Å². The number of esters is 2. The number of ether oxygens (including phenoxy) is 5. The lowest BCUT2D eigenvalue weighted by Gasteiger charge is -2.17.